The summed E-state index contributed by atoms with van der Waals surface area (Å²) in [5, 5.41) is 7.18. The molecular formula is C16H22N4O. The minimum absolute atomic E-state index is 0.0654. The quantitative estimate of drug-likeness (QED) is 0.853. The largest absolute Gasteiger partial charge is 0.351 e. The Morgan fingerprint density at radius 3 is 2.76 bits per heavy atom. The lowest BCUT2D eigenvalue weighted by molar-refractivity contribution is 0.0942. The van der Waals surface area contributed by atoms with E-state index in [9.17, 15) is 4.79 Å². The van der Waals surface area contributed by atoms with Crippen molar-refractivity contribution in [3.05, 3.63) is 53.3 Å². The monoisotopic (exact) mass is 286 g/mol. The molecule has 1 heterocycles. The molecule has 1 aromatic heterocycles. The number of aromatic nitrogens is 2. The van der Waals surface area contributed by atoms with E-state index in [-0.39, 0.29) is 11.9 Å². The summed E-state index contributed by atoms with van der Waals surface area (Å²) in [6.07, 6.45) is 0.703. The third-order valence-electron chi connectivity index (χ3n) is 3.40. The van der Waals surface area contributed by atoms with Gasteiger partial charge in [0.2, 0.25) is 0 Å². The number of nitrogens with zero attached hydrogens (tertiary/aromatic N) is 2. The molecule has 0 aliphatic carbocycles. The van der Waals surface area contributed by atoms with Gasteiger partial charge >= 0.3 is 0 Å². The van der Waals surface area contributed by atoms with Crippen LogP contribution in [0.15, 0.2) is 36.4 Å². The first-order valence-electron chi connectivity index (χ1n) is 7.25. The second kappa shape index (κ2) is 7.04. The maximum absolute atomic E-state index is 12.1. The van der Waals surface area contributed by atoms with Gasteiger partial charge in [-0.25, -0.2) is 0 Å². The molecule has 5 nitrogen and oxygen atoms in total. The number of hydrogen-bond acceptors (Lipinski definition) is 3. The van der Waals surface area contributed by atoms with Gasteiger partial charge in [0.05, 0.1) is 5.69 Å². The molecule has 2 aromatic rings. The molecule has 21 heavy (non-hydrogen) atoms. The van der Waals surface area contributed by atoms with E-state index in [0.29, 0.717) is 25.2 Å². The summed E-state index contributed by atoms with van der Waals surface area (Å²) in [5.41, 5.74) is 8.65. The molecule has 1 aromatic carbocycles. The van der Waals surface area contributed by atoms with Crippen LogP contribution in [-0.2, 0) is 6.54 Å². The molecule has 5 heteroatoms. The summed E-state index contributed by atoms with van der Waals surface area (Å²) in [7, 11) is 0. The van der Waals surface area contributed by atoms with Gasteiger partial charge in [-0.05, 0) is 31.9 Å². The first kappa shape index (κ1) is 15.3. The SMILES string of the molecule is CCn1nc(C)cc1C(=O)NCCC(N)c1ccccc1. The lowest BCUT2D eigenvalue weighted by Crippen LogP contribution is -2.29. The van der Waals surface area contributed by atoms with Crippen LogP contribution in [0, 0.1) is 6.92 Å². The lowest BCUT2D eigenvalue weighted by atomic mass is 10.1. The number of aryl methyl sites for hydroxylation is 2. The molecule has 0 spiro atoms. The lowest BCUT2D eigenvalue weighted by Gasteiger charge is -2.12. The van der Waals surface area contributed by atoms with Gasteiger partial charge in [-0.2, -0.15) is 5.10 Å². The average molecular weight is 286 g/mol. The topological polar surface area (TPSA) is 72.9 Å². The minimum Gasteiger partial charge on any atom is -0.351 e. The zero-order chi connectivity index (χ0) is 15.2. The van der Waals surface area contributed by atoms with Crippen LogP contribution < -0.4 is 11.1 Å². The molecule has 0 aliphatic rings. The van der Waals surface area contributed by atoms with Crippen molar-refractivity contribution in [2.75, 3.05) is 6.54 Å². The van der Waals surface area contributed by atoms with Crippen molar-refractivity contribution in [3.8, 4) is 0 Å². The van der Waals surface area contributed by atoms with Crippen LogP contribution in [-0.4, -0.2) is 22.2 Å². The summed E-state index contributed by atoms with van der Waals surface area (Å²) < 4.78 is 1.71. The van der Waals surface area contributed by atoms with Gasteiger partial charge in [0.1, 0.15) is 5.69 Å². The van der Waals surface area contributed by atoms with Crippen LogP contribution >= 0.6 is 0 Å². The Balaban J connectivity index is 1.87. The normalized spacial score (nSPS) is 12.1. The molecule has 1 atom stereocenters. The third-order valence-corrected chi connectivity index (χ3v) is 3.40. The zero-order valence-electron chi connectivity index (χ0n) is 12.5. The molecule has 1 unspecified atom stereocenters. The minimum atomic E-state index is -0.0993. The highest BCUT2D eigenvalue weighted by Crippen LogP contribution is 2.12. The van der Waals surface area contributed by atoms with Gasteiger partial charge in [-0.3, -0.25) is 9.48 Å². The number of benzene rings is 1. The average Bonchev–Trinajstić information content (AvgIpc) is 2.89. The first-order valence-corrected chi connectivity index (χ1v) is 7.25. The van der Waals surface area contributed by atoms with E-state index in [1.165, 1.54) is 0 Å². The molecule has 0 aliphatic heterocycles. The van der Waals surface area contributed by atoms with Crippen LogP contribution in [0.4, 0.5) is 0 Å². The van der Waals surface area contributed by atoms with Crippen molar-refractivity contribution in [2.24, 2.45) is 5.73 Å². The Labute approximate surface area is 125 Å². The van der Waals surface area contributed by atoms with Crippen LogP contribution in [0.3, 0.4) is 0 Å². The molecular weight excluding hydrogens is 264 g/mol. The fourth-order valence-electron chi connectivity index (χ4n) is 2.27. The van der Waals surface area contributed by atoms with Gasteiger partial charge < -0.3 is 11.1 Å². The van der Waals surface area contributed by atoms with Gasteiger partial charge in [0.15, 0.2) is 0 Å². The Morgan fingerprint density at radius 1 is 1.38 bits per heavy atom. The Kier molecular flexibility index (Phi) is 5.11. The van der Waals surface area contributed by atoms with Crippen LogP contribution in [0.2, 0.25) is 0 Å². The van der Waals surface area contributed by atoms with E-state index in [1.54, 1.807) is 10.7 Å². The second-order valence-corrected chi connectivity index (χ2v) is 5.05. The zero-order valence-corrected chi connectivity index (χ0v) is 12.5. The van der Waals surface area contributed by atoms with Crippen LogP contribution in [0.1, 0.15) is 41.1 Å². The van der Waals surface area contributed by atoms with E-state index in [1.807, 2.05) is 44.2 Å². The number of nitrogens with one attached hydrogen (secondary N) is 1. The Hall–Kier alpha value is -2.14. The molecule has 0 bridgehead atoms. The molecule has 0 fully saturated rings. The summed E-state index contributed by atoms with van der Waals surface area (Å²) in [5.74, 6) is -0.0993. The van der Waals surface area contributed by atoms with Crippen molar-refractivity contribution in [3.63, 3.8) is 0 Å². The fraction of sp³-hybridized carbons (Fsp3) is 0.375. The van der Waals surface area contributed by atoms with Crippen LogP contribution in [0.25, 0.3) is 0 Å². The van der Waals surface area contributed by atoms with Crippen molar-refractivity contribution in [2.45, 2.75) is 32.9 Å². The molecule has 0 radical (unpaired) electrons. The summed E-state index contributed by atoms with van der Waals surface area (Å²) in [6, 6.07) is 11.6. The highest BCUT2D eigenvalue weighted by Gasteiger charge is 2.13. The van der Waals surface area contributed by atoms with Gasteiger partial charge in [0.25, 0.3) is 5.91 Å². The van der Waals surface area contributed by atoms with Gasteiger partial charge in [-0.15, -0.1) is 0 Å². The van der Waals surface area contributed by atoms with Gasteiger partial charge in [0, 0.05) is 19.1 Å². The number of carbonyl (C=O) groups is 1. The van der Waals surface area contributed by atoms with Crippen LogP contribution in [0.5, 0.6) is 0 Å². The predicted molar refractivity (Wildman–Crippen MR) is 83.0 cm³/mol. The van der Waals surface area contributed by atoms with Crippen molar-refractivity contribution >= 4 is 5.91 Å². The molecule has 2 rings (SSSR count). The van der Waals surface area contributed by atoms with Crippen molar-refractivity contribution in [1.82, 2.24) is 15.1 Å². The smallest absolute Gasteiger partial charge is 0.269 e. The van der Waals surface area contributed by atoms with Gasteiger partial charge in [-0.1, -0.05) is 30.3 Å². The number of nitrogens with two attached hydrogens (primary N) is 1. The predicted octanol–water partition coefficient (Wildman–Crippen LogP) is 2.03. The summed E-state index contributed by atoms with van der Waals surface area (Å²) in [4.78, 5) is 12.1. The number of carbonyl (C=O) groups excluding carboxylic acids is 1. The third kappa shape index (κ3) is 3.92. The number of rotatable bonds is 6. The highest BCUT2D eigenvalue weighted by atomic mass is 16.2. The standard InChI is InChI=1S/C16H22N4O/c1-3-20-15(11-12(2)19-20)16(21)18-10-9-14(17)13-7-5-4-6-8-13/h4-8,11,14H,3,9-10,17H2,1-2H3,(H,18,21). The number of hydrogen-bond donors (Lipinski definition) is 2. The first-order chi connectivity index (χ1) is 10.1. The molecule has 3 N–H and O–H groups in total. The van der Waals surface area contributed by atoms with Crippen molar-refractivity contribution in [1.29, 1.82) is 0 Å². The fourth-order valence-corrected chi connectivity index (χ4v) is 2.27. The van der Waals surface area contributed by atoms with E-state index in [4.69, 9.17) is 5.73 Å². The second-order valence-electron chi connectivity index (χ2n) is 5.05. The number of amides is 1. The molecule has 1 amide bonds. The molecule has 112 valence electrons. The molecule has 0 saturated heterocycles. The Bertz CT molecular complexity index is 592. The Morgan fingerprint density at radius 2 is 2.10 bits per heavy atom. The highest BCUT2D eigenvalue weighted by molar-refractivity contribution is 5.92. The van der Waals surface area contributed by atoms with E-state index < -0.39 is 0 Å². The van der Waals surface area contributed by atoms with E-state index in [2.05, 4.69) is 10.4 Å². The molecule has 0 saturated carbocycles. The maximum Gasteiger partial charge on any atom is 0.269 e. The van der Waals surface area contributed by atoms with Crippen molar-refractivity contribution < 1.29 is 4.79 Å². The summed E-state index contributed by atoms with van der Waals surface area (Å²) >= 11 is 0. The van der Waals surface area contributed by atoms with E-state index in [0.717, 1.165) is 11.3 Å². The van der Waals surface area contributed by atoms with E-state index >= 15 is 0 Å². The summed E-state index contributed by atoms with van der Waals surface area (Å²) in [6.45, 7) is 5.08. The maximum atomic E-state index is 12.1.